The topological polar surface area (TPSA) is 80.2 Å². The molecule has 6 nitrogen and oxygen atoms in total. The molecule has 2 aliphatic rings. The van der Waals surface area contributed by atoms with E-state index in [-0.39, 0.29) is 19.1 Å². The van der Waals surface area contributed by atoms with Crippen molar-refractivity contribution in [3.05, 3.63) is 83.4 Å². The highest BCUT2D eigenvalue weighted by molar-refractivity contribution is 5.99. The predicted molar refractivity (Wildman–Crippen MR) is 145 cm³/mol. The summed E-state index contributed by atoms with van der Waals surface area (Å²) in [4.78, 5) is 0. The largest absolute Gasteiger partial charge is 0.508 e. The average Bonchev–Trinajstić information content (AvgIpc) is 3.62. The number of benzene rings is 3. The molecule has 0 amide bonds. The quantitative estimate of drug-likeness (QED) is 0.307. The summed E-state index contributed by atoms with van der Waals surface area (Å²) in [6, 6.07) is 21.8. The zero-order valence-electron chi connectivity index (χ0n) is 21.3. The van der Waals surface area contributed by atoms with Crippen LogP contribution in [-0.4, -0.2) is 42.3 Å². The Hall–Kier alpha value is -3.48. The van der Waals surface area contributed by atoms with Gasteiger partial charge in [-0.3, -0.25) is 0 Å². The molecule has 0 aromatic heterocycles. The zero-order chi connectivity index (χ0) is 25.6. The Morgan fingerprint density at radius 3 is 2.27 bits per heavy atom. The van der Waals surface area contributed by atoms with Crippen LogP contribution in [0.5, 0.6) is 23.0 Å². The number of aliphatic hydroxyl groups is 1. The molecule has 0 bridgehead atoms. The number of rotatable bonds is 10. The van der Waals surface area contributed by atoms with Gasteiger partial charge in [0.25, 0.3) is 0 Å². The number of aliphatic hydroxyl groups excluding tert-OH is 1. The number of aromatic hydroxyl groups is 1. The van der Waals surface area contributed by atoms with Crippen LogP contribution >= 0.6 is 0 Å². The summed E-state index contributed by atoms with van der Waals surface area (Å²) >= 11 is 0. The Morgan fingerprint density at radius 2 is 1.57 bits per heavy atom. The fourth-order valence-electron chi connectivity index (χ4n) is 5.15. The van der Waals surface area contributed by atoms with Crippen molar-refractivity contribution in [2.75, 3.05) is 19.9 Å². The molecule has 3 aromatic carbocycles. The third kappa shape index (κ3) is 6.09. The number of nitrogens with one attached hydrogen (secondary N) is 1. The van der Waals surface area contributed by atoms with Crippen LogP contribution in [0.2, 0.25) is 0 Å². The smallest absolute Gasteiger partial charge is 0.231 e. The molecule has 1 unspecified atom stereocenters. The molecule has 1 aliphatic carbocycles. The molecule has 37 heavy (non-hydrogen) atoms. The van der Waals surface area contributed by atoms with E-state index in [1.165, 1.54) is 25.7 Å². The summed E-state index contributed by atoms with van der Waals surface area (Å²) < 4.78 is 17.0. The maximum atomic E-state index is 10.3. The van der Waals surface area contributed by atoms with Gasteiger partial charge in [-0.25, -0.2) is 0 Å². The van der Waals surface area contributed by atoms with Crippen molar-refractivity contribution < 1.29 is 24.4 Å². The lowest BCUT2D eigenvalue weighted by Gasteiger charge is -2.18. The Morgan fingerprint density at radius 1 is 0.919 bits per heavy atom. The van der Waals surface area contributed by atoms with Crippen LogP contribution in [0.3, 0.4) is 0 Å². The van der Waals surface area contributed by atoms with Gasteiger partial charge in [-0.15, -0.1) is 0 Å². The van der Waals surface area contributed by atoms with E-state index in [1.54, 1.807) is 12.1 Å². The van der Waals surface area contributed by atoms with Crippen LogP contribution in [-0.2, 0) is 0 Å². The van der Waals surface area contributed by atoms with Gasteiger partial charge in [0.05, 0.1) is 0 Å². The highest BCUT2D eigenvalue weighted by atomic mass is 16.7. The highest BCUT2D eigenvalue weighted by Gasteiger charge is 2.19. The maximum absolute atomic E-state index is 10.3. The van der Waals surface area contributed by atoms with Crippen LogP contribution in [0.25, 0.3) is 11.1 Å². The molecule has 3 N–H and O–H groups in total. The molecule has 0 radical (unpaired) electrons. The molecule has 0 saturated heterocycles. The first kappa shape index (κ1) is 25.2. The van der Waals surface area contributed by atoms with Gasteiger partial charge in [0.1, 0.15) is 24.2 Å². The van der Waals surface area contributed by atoms with E-state index in [9.17, 15) is 10.2 Å². The van der Waals surface area contributed by atoms with Gasteiger partial charge >= 0.3 is 0 Å². The summed E-state index contributed by atoms with van der Waals surface area (Å²) in [6.07, 6.45) is 5.17. The fourth-order valence-corrected chi connectivity index (χ4v) is 5.15. The average molecular weight is 502 g/mol. The third-order valence-electron chi connectivity index (χ3n) is 7.12. The second-order valence-corrected chi connectivity index (χ2v) is 9.70. The van der Waals surface area contributed by atoms with Gasteiger partial charge in [-0.05, 0) is 83.5 Å². The number of ether oxygens (including phenoxy) is 3. The molecular weight excluding hydrogens is 466 g/mol. The second kappa shape index (κ2) is 11.7. The lowest BCUT2D eigenvalue weighted by molar-refractivity contribution is 0.104. The van der Waals surface area contributed by atoms with E-state index in [1.807, 2.05) is 48.5 Å². The first-order valence-corrected chi connectivity index (χ1v) is 13.2. The van der Waals surface area contributed by atoms with E-state index in [2.05, 4.69) is 18.3 Å². The van der Waals surface area contributed by atoms with Gasteiger partial charge in [-0.2, -0.15) is 0 Å². The Bertz CT molecular complexity index is 1210. The lowest BCUT2D eigenvalue weighted by atomic mass is 9.88. The molecule has 1 saturated carbocycles. The zero-order valence-corrected chi connectivity index (χ0v) is 21.3. The third-order valence-corrected chi connectivity index (χ3v) is 7.12. The normalized spacial score (nSPS) is 16.5. The number of hydrogen-bond donors (Lipinski definition) is 3. The summed E-state index contributed by atoms with van der Waals surface area (Å²) in [7, 11) is 0. The van der Waals surface area contributed by atoms with Crippen LogP contribution in [0.1, 0.15) is 55.7 Å². The number of fused-ring (bicyclic) bond motifs is 1. The Balaban J connectivity index is 1.37. The predicted octanol–water partition coefficient (Wildman–Crippen LogP) is 5.76. The second-order valence-electron chi connectivity index (χ2n) is 9.70. The van der Waals surface area contributed by atoms with Gasteiger partial charge in [0.15, 0.2) is 11.5 Å². The van der Waals surface area contributed by atoms with Gasteiger partial charge in [0.2, 0.25) is 6.79 Å². The van der Waals surface area contributed by atoms with Crippen molar-refractivity contribution in [1.82, 2.24) is 5.32 Å². The monoisotopic (exact) mass is 501 g/mol. The first-order chi connectivity index (χ1) is 18.1. The molecule has 6 heteroatoms. The Kier molecular flexibility index (Phi) is 7.97. The minimum Gasteiger partial charge on any atom is -0.508 e. The SMILES string of the molecule is CCC(=C(c1ccc(O)cc1)c1ccc(OCC(O)CNC2CCCC2)cc1)c1ccc2c(c1)OCO2. The van der Waals surface area contributed by atoms with E-state index in [4.69, 9.17) is 14.2 Å². The van der Waals surface area contributed by atoms with Crippen molar-refractivity contribution >= 4 is 11.1 Å². The molecule has 3 aromatic rings. The van der Waals surface area contributed by atoms with Crippen molar-refractivity contribution in [2.24, 2.45) is 0 Å². The summed E-state index contributed by atoms with van der Waals surface area (Å²) in [5, 5.41) is 23.7. The molecule has 194 valence electrons. The molecule has 1 heterocycles. The van der Waals surface area contributed by atoms with E-state index >= 15 is 0 Å². The van der Waals surface area contributed by atoms with Crippen molar-refractivity contribution in [2.45, 2.75) is 51.2 Å². The lowest BCUT2D eigenvalue weighted by Crippen LogP contribution is -2.36. The molecule has 0 spiro atoms. The van der Waals surface area contributed by atoms with Crippen LogP contribution in [0.4, 0.5) is 0 Å². The minimum atomic E-state index is -0.551. The number of hydrogen-bond acceptors (Lipinski definition) is 6. The summed E-state index contributed by atoms with van der Waals surface area (Å²) in [5.41, 5.74) is 5.35. The molecular formula is C31H35NO5. The molecule has 1 atom stereocenters. The highest BCUT2D eigenvalue weighted by Crippen LogP contribution is 2.40. The molecule has 5 rings (SSSR count). The standard InChI is InChI=1S/C31H35NO5/c1-2-28(23-11-16-29-30(17-23)37-20-36-29)31(21-7-12-25(33)13-8-21)22-9-14-27(15-10-22)35-19-26(34)18-32-24-5-3-4-6-24/h7-17,24,26,32-34H,2-6,18-20H2,1H3. The van der Waals surface area contributed by atoms with Crippen molar-refractivity contribution in [3.8, 4) is 23.0 Å². The summed E-state index contributed by atoms with van der Waals surface area (Å²) in [6.45, 7) is 3.17. The minimum absolute atomic E-state index is 0.231. The fraction of sp³-hybridized carbons (Fsp3) is 0.355. The first-order valence-electron chi connectivity index (χ1n) is 13.2. The van der Waals surface area contributed by atoms with Gasteiger partial charge in [-0.1, -0.05) is 50.1 Å². The van der Waals surface area contributed by atoms with Crippen molar-refractivity contribution in [3.63, 3.8) is 0 Å². The number of allylic oxidation sites excluding steroid dienone is 1. The van der Waals surface area contributed by atoms with Crippen LogP contribution < -0.4 is 19.5 Å². The van der Waals surface area contributed by atoms with Gasteiger partial charge < -0.3 is 29.7 Å². The van der Waals surface area contributed by atoms with E-state index in [0.29, 0.717) is 12.6 Å². The molecule has 1 aliphatic heterocycles. The van der Waals surface area contributed by atoms with Crippen LogP contribution in [0.15, 0.2) is 66.7 Å². The van der Waals surface area contributed by atoms with E-state index in [0.717, 1.165) is 51.5 Å². The number of phenols is 1. The maximum Gasteiger partial charge on any atom is 0.231 e. The van der Waals surface area contributed by atoms with Crippen molar-refractivity contribution in [1.29, 1.82) is 0 Å². The Labute approximate surface area is 218 Å². The van der Waals surface area contributed by atoms with Gasteiger partial charge in [0, 0.05) is 12.6 Å². The van der Waals surface area contributed by atoms with E-state index < -0.39 is 6.10 Å². The number of phenolic OH excluding ortho intramolecular Hbond substituents is 1. The van der Waals surface area contributed by atoms with Crippen LogP contribution in [0, 0.1) is 0 Å². The summed E-state index contributed by atoms with van der Waals surface area (Å²) in [5.74, 6) is 2.45. The molecule has 1 fully saturated rings.